The zero-order valence-electron chi connectivity index (χ0n) is 7.86. The number of nitrogens with zero attached hydrogens (tertiary/aromatic N) is 2. The van der Waals surface area contributed by atoms with Crippen LogP contribution in [0.5, 0.6) is 0 Å². The number of nitrogens with one attached hydrogen (secondary N) is 1. The van der Waals surface area contributed by atoms with E-state index in [1.54, 1.807) is 18.5 Å². The van der Waals surface area contributed by atoms with Crippen LogP contribution >= 0.6 is 0 Å². The third-order valence-electron chi connectivity index (χ3n) is 1.56. The van der Waals surface area contributed by atoms with E-state index in [1.807, 2.05) is 0 Å². The molecule has 0 fully saturated rings. The molecule has 5 heteroatoms. The molecular weight excluding hydrogens is 182 g/mol. The van der Waals surface area contributed by atoms with Crippen LogP contribution in [-0.4, -0.2) is 29.7 Å². The molecule has 1 heterocycles. The Morgan fingerprint density at radius 1 is 1.57 bits per heavy atom. The van der Waals surface area contributed by atoms with Crippen molar-refractivity contribution >= 4 is 18.2 Å². The molecule has 1 N–H and O–H groups in total. The summed E-state index contributed by atoms with van der Waals surface area (Å²) >= 11 is 0. The van der Waals surface area contributed by atoms with Crippen molar-refractivity contribution in [1.29, 1.82) is 0 Å². The number of imide groups is 1. The highest BCUT2D eigenvalue weighted by molar-refractivity contribution is 6.03. The lowest BCUT2D eigenvalue weighted by atomic mass is 10.3. The van der Waals surface area contributed by atoms with Crippen LogP contribution in [0.3, 0.4) is 0 Å². The minimum absolute atomic E-state index is 0.228. The molecule has 0 spiro atoms. The van der Waals surface area contributed by atoms with Gasteiger partial charge < -0.3 is 0 Å². The molecule has 3 amide bonds. The maximum absolute atomic E-state index is 11.3. The summed E-state index contributed by atoms with van der Waals surface area (Å²) in [6, 6.07) is -0.494. The largest absolute Gasteiger partial charge is 0.329 e. The predicted molar refractivity (Wildman–Crippen MR) is 52.7 cm³/mol. The number of hydrogen-bond donors (Lipinski definition) is 1. The van der Waals surface area contributed by atoms with Gasteiger partial charge in [-0.3, -0.25) is 20.0 Å². The van der Waals surface area contributed by atoms with Crippen molar-refractivity contribution in [3.05, 3.63) is 24.4 Å². The molecule has 0 unspecified atom stereocenters. The van der Waals surface area contributed by atoms with Gasteiger partial charge in [-0.2, -0.15) is 0 Å². The Bertz CT molecular complexity index is 331. The van der Waals surface area contributed by atoms with Crippen LogP contribution in [0.25, 0.3) is 0 Å². The summed E-state index contributed by atoms with van der Waals surface area (Å²) in [5.74, 6) is -0.474. The molecule has 0 saturated carbocycles. The Balaban J connectivity index is 2.50. The van der Waals surface area contributed by atoms with Crippen molar-refractivity contribution in [3.63, 3.8) is 0 Å². The Labute approximate surface area is 81.8 Å². The molecule has 0 aromatic carbocycles. The molecule has 74 valence electrons. The van der Waals surface area contributed by atoms with Gasteiger partial charge in [0.2, 0.25) is 0 Å². The van der Waals surface area contributed by atoms with Crippen molar-refractivity contribution in [2.75, 3.05) is 6.67 Å². The van der Waals surface area contributed by atoms with Gasteiger partial charge in [0.05, 0.1) is 0 Å². The van der Waals surface area contributed by atoms with Gasteiger partial charge >= 0.3 is 6.03 Å². The van der Waals surface area contributed by atoms with Crippen LogP contribution < -0.4 is 5.32 Å². The zero-order valence-corrected chi connectivity index (χ0v) is 7.86. The quantitative estimate of drug-likeness (QED) is 0.622. The van der Waals surface area contributed by atoms with E-state index >= 15 is 0 Å². The molecule has 5 nitrogen and oxygen atoms in total. The van der Waals surface area contributed by atoms with Crippen molar-refractivity contribution in [1.82, 2.24) is 10.2 Å². The Hall–Kier alpha value is -1.91. The molecule has 0 radical (unpaired) electrons. The first kappa shape index (κ1) is 10.2. The number of hydrogen-bond acceptors (Lipinski definition) is 3. The second-order valence-electron chi connectivity index (χ2n) is 2.82. The maximum atomic E-state index is 11.3. The van der Waals surface area contributed by atoms with Gasteiger partial charge in [-0.15, -0.1) is 0 Å². The van der Waals surface area contributed by atoms with E-state index in [4.69, 9.17) is 0 Å². The fourth-order valence-electron chi connectivity index (χ4n) is 0.793. The van der Waals surface area contributed by atoms with Crippen LogP contribution in [0, 0.1) is 0 Å². The summed E-state index contributed by atoms with van der Waals surface area (Å²) in [6.45, 7) is 5.19. The SMILES string of the molecule is C=C(C)C(=O)NC(=O)N1C=CC=NC1. The molecule has 0 saturated heterocycles. The van der Waals surface area contributed by atoms with Crippen LogP contribution in [0.1, 0.15) is 6.92 Å². The van der Waals surface area contributed by atoms with E-state index in [-0.39, 0.29) is 6.67 Å². The molecular formula is C9H11N3O2. The number of carbonyl (C=O) groups excluding carboxylic acids is 2. The van der Waals surface area contributed by atoms with Gasteiger partial charge in [0.15, 0.2) is 0 Å². The minimum atomic E-state index is -0.494. The molecule has 0 aliphatic carbocycles. The van der Waals surface area contributed by atoms with E-state index in [9.17, 15) is 9.59 Å². The monoisotopic (exact) mass is 193 g/mol. The first-order chi connectivity index (χ1) is 6.61. The minimum Gasteiger partial charge on any atom is -0.281 e. The number of allylic oxidation sites excluding steroid dienone is 1. The van der Waals surface area contributed by atoms with Crippen molar-refractivity contribution in [2.45, 2.75) is 6.92 Å². The van der Waals surface area contributed by atoms with E-state index < -0.39 is 11.9 Å². The fraction of sp³-hybridized carbons (Fsp3) is 0.222. The first-order valence-electron chi connectivity index (χ1n) is 4.05. The van der Waals surface area contributed by atoms with Gasteiger partial charge in [0, 0.05) is 18.0 Å². The molecule has 14 heavy (non-hydrogen) atoms. The molecule has 0 aromatic heterocycles. The Kier molecular flexibility index (Phi) is 3.17. The van der Waals surface area contributed by atoms with E-state index in [2.05, 4.69) is 16.9 Å². The van der Waals surface area contributed by atoms with E-state index in [1.165, 1.54) is 11.8 Å². The summed E-state index contributed by atoms with van der Waals surface area (Å²) in [6.07, 6.45) is 4.76. The maximum Gasteiger partial charge on any atom is 0.329 e. The Morgan fingerprint density at radius 2 is 2.29 bits per heavy atom. The zero-order chi connectivity index (χ0) is 10.6. The average molecular weight is 193 g/mol. The van der Waals surface area contributed by atoms with Gasteiger partial charge in [-0.05, 0) is 13.0 Å². The van der Waals surface area contributed by atoms with Gasteiger partial charge in [-0.1, -0.05) is 6.58 Å². The summed E-state index contributed by atoms with van der Waals surface area (Å²) in [5, 5.41) is 2.17. The van der Waals surface area contributed by atoms with Gasteiger partial charge in [0.1, 0.15) is 6.67 Å². The molecule has 0 atom stereocenters. The fourth-order valence-corrected chi connectivity index (χ4v) is 0.793. The highest BCUT2D eigenvalue weighted by Crippen LogP contribution is 1.97. The Morgan fingerprint density at radius 3 is 2.79 bits per heavy atom. The van der Waals surface area contributed by atoms with Gasteiger partial charge in [-0.25, -0.2) is 4.79 Å². The normalized spacial score (nSPS) is 13.9. The van der Waals surface area contributed by atoms with Crippen molar-refractivity contribution in [2.24, 2.45) is 4.99 Å². The van der Waals surface area contributed by atoms with E-state index in [0.717, 1.165) is 0 Å². The number of amides is 3. The summed E-state index contributed by atoms with van der Waals surface area (Å²) in [5.41, 5.74) is 0.294. The third-order valence-corrected chi connectivity index (χ3v) is 1.56. The number of urea groups is 1. The lowest BCUT2D eigenvalue weighted by molar-refractivity contribution is -0.116. The first-order valence-corrected chi connectivity index (χ1v) is 4.05. The second kappa shape index (κ2) is 4.36. The standard InChI is InChI=1S/C9H11N3O2/c1-7(2)8(13)11-9(14)12-5-3-4-10-6-12/h3-5H,1,6H2,2H3,(H,11,13,14). The smallest absolute Gasteiger partial charge is 0.281 e. The molecule has 1 rings (SSSR count). The average Bonchev–Trinajstić information content (AvgIpc) is 2.19. The molecule has 1 aliphatic heterocycles. The highest BCUT2D eigenvalue weighted by Gasteiger charge is 2.14. The number of rotatable bonds is 1. The summed E-state index contributed by atoms with van der Waals surface area (Å²) < 4.78 is 0. The van der Waals surface area contributed by atoms with Crippen molar-refractivity contribution in [3.8, 4) is 0 Å². The third kappa shape index (κ3) is 2.55. The van der Waals surface area contributed by atoms with Crippen LogP contribution in [0.15, 0.2) is 29.4 Å². The second-order valence-corrected chi connectivity index (χ2v) is 2.82. The molecule has 0 aromatic rings. The molecule has 0 bridgehead atoms. The van der Waals surface area contributed by atoms with Gasteiger partial charge in [0.25, 0.3) is 5.91 Å². The number of carbonyl (C=O) groups is 2. The highest BCUT2D eigenvalue weighted by atomic mass is 16.2. The van der Waals surface area contributed by atoms with Crippen LogP contribution in [0.2, 0.25) is 0 Å². The summed E-state index contributed by atoms with van der Waals surface area (Å²) in [4.78, 5) is 27.6. The lowest BCUT2D eigenvalue weighted by Gasteiger charge is -2.17. The van der Waals surface area contributed by atoms with Crippen LogP contribution in [-0.2, 0) is 4.79 Å². The lowest BCUT2D eigenvalue weighted by Crippen LogP contribution is -2.41. The molecule has 1 aliphatic rings. The summed E-state index contributed by atoms with van der Waals surface area (Å²) in [7, 11) is 0. The van der Waals surface area contributed by atoms with Crippen LogP contribution in [0.4, 0.5) is 4.79 Å². The predicted octanol–water partition coefficient (Wildman–Crippen LogP) is 0.656. The number of aliphatic imine (C=N–C) groups is 1. The van der Waals surface area contributed by atoms with Crippen molar-refractivity contribution < 1.29 is 9.59 Å². The topological polar surface area (TPSA) is 61.8 Å². The van der Waals surface area contributed by atoms with E-state index in [0.29, 0.717) is 5.57 Å².